The molecular formula is C17H15ClF2N2O3. The van der Waals surface area contributed by atoms with Crippen LogP contribution in [-0.4, -0.2) is 17.2 Å². The van der Waals surface area contributed by atoms with Gasteiger partial charge in [0.05, 0.1) is 5.02 Å². The zero-order valence-electron chi connectivity index (χ0n) is 13.3. The summed E-state index contributed by atoms with van der Waals surface area (Å²) < 4.78 is 35.0. The van der Waals surface area contributed by atoms with Gasteiger partial charge in [-0.05, 0) is 24.6 Å². The first-order valence-corrected chi connectivity index (χ1v) is 8.11. The number of halogens is 3. The van der Waals surface area contributed by atoms with Crippen LogP contribution in [0, 0.1) is 0 Å². The third-order valence-corrected chi connectivity index (χ3v) is 3.90. The van der Waals surface area contributed by atoms with Crippen LogP contribution in [0.1, 0.15) is 26.2 Å². The van der Waals surface area contributed by atoms with Crippen LogP contribution in [0.25, 0.3) is 11.1 Å². The Morgan fingerprint density at radius 1 is 1.28 bits per heavy atom. The van der Waals surface area contributed by atoms with E-state index in [0.29, 0.717) is 23.4 Å². The van der Waals surface area contributed by atoms with Crippen LogP contribution < -0.4 is 14.8 Å². The Kier molecular flexibility index (Phi) is 4.76. The van der Waals surface area contributed by atoms with E-state index in [1.165, 1.54) is 18.3 Å². The number of pyridine rings is 1. The maximum absolute atomic E-state index is 13.1. The SMILES string of the molecule is CCCCC(=O)Nc1ccc(-c2cc3c(cc2Cl)OC(F)(F)O3)cn1. The second-order valence-corrected chi connectivity index (χ2v) is 5.94. The Morgan fingerprint density at radius 2 is 2.00 bits per heavy atom. The van der Waals surface area contributed by atoms with Crippen molar-refractivity contribution in [1.82, 2.24) is 4.98 Å². The van der Waals surface area contributed by atoms with Crippen molar-refractivity contribution in [1.29, 1.82) is 0 Å². The van der Waals surface area contributed by atoms with Gasteiger partial charge >= 0.3 is 6.29 Å². The lowest BCUT2D eigenvalue weighted by Crippen LogP contribution is -2.25. The summed E-state index contributed by atoms with van der Waals surface area (Å²) in [6.45, 7) is 2.01. The topological polar surface area (TPSA) is 60.5 Å². The van der Waals surface area contributed by atoms with Crippen LogP contribution in [0.15, 0.2) is 30.5 Å². The molecule has 3 rings (SSSR count). The molecule has 2 heterocycles. The number of nitrogens with zero attached hydrogens (tertiary/aromatic N) is 1. The number of unbranched alkanes of at least 4 members (excludes halogenated alkanes) is 1. The van der Waals surface area contributed by atoms with Crippen molar-refractivity contribution in [3.63, 3.8) is 0 Å². The monoisotopic (exact) mass is 368 g/mol. The highest BCUT2D eigenvalue weighted by atomic mass is 35.5. The number of alkyl halides is 2. The fraction of sp³-hybridized carbons (Fsp3) is 0.294. The zero-order valence-corrected chi connectivity index (χ0v) is 14.1. The Labute approximate surface area is 147 Å². The van der Waals surface area contributed by atoms with Crippen molar-refractivity contribution in [3.8, 4) is 22.6 Å². The summed E-state index contributed by atoms with van der Waals surface area (Å²) in [5.74, 6) is 0.0894. The maximum Gasteiger partial charge on any atom is 0.586 e. The highest BCUT2D eigenvalue weighted by Gasteiger charge is 2.43. The number of rotatable bonds is 5. The molecule has 0 spiro atoms. The molecule has 1 N–H and O–H groups in total. The van der Waals surface area contributed by atoms with E-state index in [2.05, 4.69) is 19.8 Å². The van der Waals surface area contributed by atoms with Gasteiger partial charge in [-0.2, -0.15) is 0 Å². The number of anilines is 1. The highest BCUT2D eigenvalue weighted by Crippen LogP contribution is 2.45. The molecule has 1 amide bonds. The quantitative estimate of drug-likeness (QED) is 0.819. The minimum atomic E-state index is -3.70. The normalized spacial score (nSPS) is 14.4. The molecule has 0 saturated carbocycles. The van der Waals surface area contributed by atoms with Crippen LogP contribution in [0.3, 0.4) is 0 Å². The number of carbonyl (C=O) groups excluding carboxylic acids is 1. The molecule has 2 aromatic rings. The van der Waals surface area contributed by atoms with Crippen LogP contribution in [0.2, 0.25) is 5.02 Å². The molecular weight excluding hydrogens is 354 g/mol. The second kappa shape index (κ2) is 6.84. The Balaban J connectivity index is 1.78. The molecule has 1 aliphatic heterocycles. The summed E-state index contributed by atoms with van der Waals surface area (Å²) in [5.41, 5.74) is 1.07. The molecule has 1 aromatic carbocycles. The number of aromatic nitrogens is 1. The molecule has 1 aromatic heterocycles. The maximum atomic E-state index is 13.1. The molecule has 0 bridgehead atoms. The summed E-state index contributed by atoms with van der Waals surface area (Å²) in [6, 6.07) is 5.95. The van der Waals surface area contributed by atoms with Gasteiger partial charge in [-0.3, -0.25) is 4.79 Å². The van der Waals surface area contributed by atoms with Crippen molar-refractivity contribution in [2.24, 2.45) is 0 Å². The van der Waals surface area contributed by atoms with Crippen molar-refractivity contribution in [2.45, 2.75) is 32.5 Å². The van der Waals surface area contributed by atoms with Crippen LogP contribution in [0.4, 0.5) is 14.6 Å². The van der Waals surface area contributed by atoms with Crippen LogP contribution >= 0.6 is 11.6 Å². The molecule has 132 valence electrons. The van der Waals surface area contributed by atoms with E-state index in [4.69, 9.17) is 11.6 Å². The van der Waals surface area contributed by atoms with Gasteiger partial charge in [-0.25, -0.2) is 4.98 Å². The van der Waals surface area contributed by atoms with E-state index in [-0.39, 0.29) is 22.4 Å². The second-order valence-electron chi connectivity index (χ2n) is 5.53. The summed E-state index contributed by atoms with van der Waals surface area (Å²) >= 11 is 6.14. The minimum Gasteiger partial charge on any atom is -0.395 e. The van der Waals surface area contributed by atoms with Crippen LogP contribution in [0.5, 0.6) is 11.5 Å². The predicted octanol–water partition coefficient (Wildman–Crippen LogP) is 4.85. The number of hydrogen-bond acceptors (Lipinski definition) is 4. The van der Waals surface area contributed by atoms with E-state index in [1.807, 2.05) is 6.92 Å². The van der Waals surface area contributed by atoms with Crippen molar-refractivity contribution >= 4 is 23.3 Å². The standard InChI is InChI=1S/C17H15ClF2N2O3/c1-2-3-4-16(23)22-15-6-5-10(9-21-15)11-7-13-14(8-12(11)18)25-17(19,20)24-13/h5-9H,2-4H2,1H3,(H,21,22,23). The summed E-state index contributed by atoms with van der Waals surface area (Å²) in [6.07, 6.45) is -0.0307. The number of hydrogen-bond donors (Lipinski definition) is 1. The summed E-state index contributed by atoms with van der Waals surface area (Å²) in [7, 11) is 0. The molecule has 0 fully saturated rings. The van der Waals surface area contributed by atoms with E-state index in [1.54, 1.807) is 12.1 Å². The molecule has 25 heavy (non-hydrogen) atoms. The Bertz CT molecular complexity index is 797. The third kappa shape index (κ3) is 3.99. The highest BCUT2D eigenvalue weighted by molar-refractivity contribution is 6.33. The Hall–Kier alpha value is -2.41. The van der Waals surface area contributed by atoms with E-state index in [9.17, 15) is 13.6 Å². The fourth-order valence-corrected chi connectivity index (χ4v) is 2.63. The third-order valence-electron chi connectivity index (χ3n) is 3.59. The number of carbonyl (C=O) groups is 1. The van der Waals surface area contributed by atoms with Gasteiger partial charge in [-0.15, -0.1) is 8.78 Å². The molecule has 0 radical (unpaired) electrons. The first-order valence-electron chi connectivity index (χ1n) is 7.73. The number of fused-ring (bicyclic) bond motifs is 1. The fourth-order valence-electron chi connectivity index (χ4n) is 2.36. The molecule has 0 unspecified atom stereocenters. The predicted molar refractivity (Wildman–Crippen MR) is 89.0 cm³/mol. The van der Waals surface area contributed by atoms with Gasteiger partial charge in [-0.1, -0.05) is 24.9 Å². The van der Waals surface area contributed by atoms with Gasteiger partial charge in [0.1, 0.15) is 5.82 Å². The summed E-state index contributed by atoms with van der Waals surface area (Å²) in [5, 5.41) is 2.92. The number of ether oxygens (including phenoxy) is 2. The first kappa shape index (κ1) is 17.4. The number of amides is 1. The molecule has 5 nitrogen and oxygen atoms in total. The van der Waals surface area contributed by atoms with Crippen molar-refractivity contribution < 1.29 is 23.0 Å². The lowest BCUT2D eigenvalue weighted by Gasteiger charge is -2.08. The average molecular weight is 369 g/mol. The molecule has 1 aliphatic rings. The smallest absolute Gasteiger partial charge is 0.395 e. The molecule has 0 saturated heterocycles. The van der Waals surface area contributed by atoms with Gasteiger partial charge in [0.15, 0.2) is 11.5 Å². The van der Waals surface area contributed by atoms with Crippen LogP contribution in [-0.2, 0) is 4.79 Å². The van der Waals surface area contributed by atoms with Crippen molar-refractivity contribution in [2.75, 3.05) is 5.32 Å². The van der Waals surface area contributed by atoms with E-state index >= 15 is 0 Å². The lowest BCUT2D eigenvalue weighted by atomic mass is 10.1. The van der Waals surface area contributed by atoms with Crippen molar-refractivity contribution in [3.05, 3.63) is 35.5 Å². The minimum absolute atomic E-state index is 0.0960. The van der Waals surface area contributed by atoms with Gasteiger partial charge in [0, 0.05) is 29.8 Å². The zero-order chi connectivity index (χ0) is 18.0. The van der Waals surface area contributed by atoms with Gasteiger partial charge in [0.25, 0.3) is 0 Å². The molecule has 8 heteroatoms. The first-order chi connectivity index (χ1) is 11.9. The molecule has 0 aliphatic carbocycles. The average Bonchev–Trinajstić information content (AvgIpc) is 2.86. The van der Waals surface area contributed by atoms with Gasteiger partial charge < -0.3 is 14.8 Å². The molecule has 0 atom stereocenters. The summed E-state index contributed by atoms with van der Waals surface area (Å²) in [4.78, 5) is 15.9. The van der Waals surface area contributed by atoms with E-state index < -0.39 is 6.29 Å². The lowest BCUT2D eigenvalue weighted by molar-refractivity contribution is -0.286. The number of nitrogens with one attached hydrogen (secondary N) is 1. The largest absolute Gasteiger partial charge is 0.586 e. The number of benzene rings is 1. The Morgan fingerprint density at radius 3 is 2.64 bits per heavy atom. The van der Waals surface area contributed by atoms with E-state index in [0.717, 1.165) is 12.8 Å². The van der Waals surface area contributed by atoms with Gasteiger partial charge in [0.2, 0.25) is 5.91 Å².